The number of carboxylic acids is 1. The van der Waals surface area contributed by atoms with Gasteiger partial charge in [-0.3, -0.25) is 9.69 Å². The van der Waals surface area contributed by atoms with Gasteiger partial charge in [-0.15, -0.1) is 0 Å². The van der Waals surface area contributed by atoms with Crippen LogP contribution in [-0.2, 0) is 4.79 Å². The molecule has 2 N–H and O–H groups in total. The molecule has 1 unspecified atom stereocenters. The number of nitrogens with zero attached hydrogens (tertiary/aromatic N) is 1. The van der Waals surface area contributed by atoms with Gasteiger partial charge in [-0.2, -0.15) is 13.2 Å². The molecule has 15 heavy (non-hydrogen) atoms. The van der Waals surface area contributed by atoms with Crippen LogP contribution in [0.2, 0.25) is 0 Å². The molecule has 1 heterocycles. The summed E-state index contributed by atoms with van der Waals surface area (Å²) in [6.07, 6.45) is -5.36. The molecule has 1 aliphatic rings. The summed E-state index contributed by atoms with van der Waals surface area (Å²) in [5.41, 5.74) is 0. The Morgan fingerprint density at radius 2 is 1.93 bits per heavy atom. The van der Waals surface area contributed by atoms with E-state index in [0.717, 1.165) is 0 Å². The summed E-state index contributed by atoms with van der Waals surface area (Å²) in [5, 5.41) is 11.4. The first-order valence-corrected chi connectivity index (χ1v) is 4.64. The Morgan fingerprint density at radius 1 is 1.40 bits per heavy atom. The average Bonchev–Trinajstić information content (AvgIpc) is 2.14. The van der Waals surface area contributed by atoms with Crippen molar-refractivity contribution in [2.45, 2.75) is 18.6 Å². The van der Waals surface area contributed by atoms with Crippen LogP contribution >= 0.6 is 0 Å². The Hall–Kier alpha value is -0.820. The van der Waals surface area contributed by atoms with Gasteiger partial charge in [0.25, 0.3) is 0 Å². The lowest BCUT2D eigenvalue weighted by atomic mass is 10.1. The largest absolute Gasteiger partial charge is 0.481 e. The van der Waals surface area contributed by atoms with Gasteiger partial charge in [-0.1, -0.05) is 0 Å². The Morgan fingerprint density at radius 3 is 2.33 bits per heavy atom. The van der Waals surface area contributed by atoms with Gasteiger partial charge < -0.3 is 10.4 Å². The first-order chi connectivity index (χ1) is 6.91. The fourth-order valence-electron chi connectivity index (χ4n) is 1.61. The minimum absolute atomic E-state index is 0.234. The molecule has 1 aliphatic heterocycles. The lowest BCUT2D eigenvalue weighted by Crippen LogP contribution is -2.54. The molecule has 1 fully saturated rings. The number of nitrogens with one attached hydrogen (secondary N) is 1. The van der Waals surface area contributed by atoms with Crippen molar-refractivity contribution in [2.24, 2.45) is 0 Å². The number of carbonyl (C=O) groups is 1. The van der Waals surface area contributed by atoms with Crippen molar-refractivity contribution in [1.29, 1.82) is 0 Å². The van der Waals surface area contributed by atoms with Crippen LogP contribution in [0.15, 0.2) is 0 Å². The third-order valence-electron chi connectivity index (χ3n) is 2.34. The van der Waals surface area contributed by atoms with Crippen LogP contribution in [0.5, 0.6) is 0 Å². The molecule has 4 nitrogen and oxygen atoms in total. The summed E-state index contributed by atoms with van der Waals surface area (Å²) in [7, 11) is 0. The van der Waals surface area contributed by atoms with E-state index in [0.29, 0.717) is 13.1 Å². The topological polar surface area (TPSA) is 52.6 Å². The number of halogens is 3. The van der Waals surface area contributed by atoms with Crippen LogP contribution in [0.3, 0.4) is 0 Å². The molecular weight excluding hydrogens is 213 g/mol. The van der Waals surface area contributed by atoms with Crippen molar-refractivity contribution < 1.29 is 23.1 Å². The van der Waals surface area contributed by atoms with Crippen molar-refractivity contribution in [1.82, 2.24) is 10.2 Å². The Balaban J connectivity index is 2.66. The average molecular weight is 226 g/mol. The molecule has 0 aromatic heterocycles. The van der Waals surface area contributed by atoms with Gasteiger partial charge in [0, 0.05) is 26.2 Å². The van der Waals surface area contributed by atoms with Gasteiger partial charge >= 0.3 is 12.1 Å². The van der Waals surface area contributed by atoms with Crippen molar-refractivity contribution >= 4 is 5.97 Å². The molecule has 0 saturated carbocycles. The predicted molar refractivity (Wildman–Crippen MR) is 46.5 cm³/mol. The molecule has 0 aliphatic carbocycles. The first-order valence-electron chi connectivity index (χ1n) is 4.64. The normalized spacial score (nSPS) is 21.3. The maximum atomic E-state index is 12.5. The number of rotatable bonds is 3. The van der Waals surface area contributed by atoms with E-state index in [9.17, 15) is 18.0 Å². The highest BCUT2D eigenvalue weighted by atomic mass is 19.4. The molecule has 0 amide bonds. The van der Waals surface area contributed by atoms with Crippen molar-refractivity contribution in [3.63, 3.8) is 0 Å². The number of carboxylic acid groups (broad SMARTS) is 1. The lowest BCUT2D eigenvalue weighted by Gasteiger charge is -2.35. The van der Waals surface area contributed by atoms with E-state index in [2.05, 4.69) is 5.32 Å². The molecule has 7 heteroatoms. The summed E-state index contributed by atoms with van der Waals surface area (Å²) in [6.45, 7) is 1.40. The predicted octanol–water partition coefficient (Wildman–Crippen LogP) is 0.297. The van der Waals surface area contributed by atoms with Crippen LogP contribution in [0.1, 0.15) is 6.42 Å². The monoisotopic (exact) mass is 226 g/mol. The summed E-state index contributed by atoms with van der Waals surface area (Å²) in [6, 6.07) is -1.86. The molecule has 0 aromatic rings. The first kappa shape index (κ1) is 12.3. The molecule has 1 rings (SSSR count). The number of alkyl halides is 3. The van der Waals surface area contributed by atoms with E-state index in [1.165, 1.54) is 4.90 Å². The van der Waals surface area contributed by atoms with Crippen LogP contribution in [0.4, 0.5) is 13.2 Å². The number of piperazine rings is 1. The minimum atomic E-state index is -4.48. The van der Waals surface area contributed by atoms with Crippen LogP contribution < -0.4 is 5.32 Å². The third-order valence-corrected chi connectivity index (χ3v) is 2.34. The van der Waals surface area contributed by atoms with E-state index < -0.39 is 24.6 Å². The molecule has 1 atom stereocenters. The number of hydrogen-bond donors (Lipinski definition) is 2. The van der Waals surface area contributed by atoms with Crippen molar-refractivity contribution in [3.05, 3.63) is 0 Å². The SMILES string of the molecule is O=C(O)CC(N1CCNCC1)C(F)(F)F. The van der Waals surface area contributed by atoms with Gasteiger partial charge in [0.05, 0.1) is 6.42 Å². The Labute approximate surface area is 85.1 Å². The van der Waals surface area contributed by atoms with Gasteiger partial charge in [0.1, 0.15) is 6.04 Å². The summed E-state index contributed by atoms with van der Waals surface area (Å²) < 4.78 is 37.6. The van der Waals surface area contributed by atoms with Crippen LogP contribution in [0, 0.1) is 0 Å². The van der Waals surface area contributed by atoms with E-state index in [-0.39, 0.29) is 13.1 Å². The summed E-state index contributed by atoms with van der Waals surface area (Å²) >= 11 is 0. The van der Waals surface area contributed by atoms with Crippen molar-refractivity contribution in [3.8, 4) is 0 Å². The highest BCUT2D eigenvalue weighted by Gasteiger charge is 2.44. The molecule has 0 spiro atoms. The quantitative estimate of drug-likeness (QED) is 0.726. The second kappa shape index (κ2) is 4.80. The number of hydrogen-bond acceptors (Lipinski definition) is 3. The Kier molecular flexibility index (Phi) is 3.92. The number of aliphatic carboxylic acids is 1. The van der Waals surface area contributed by atoms with Gasteiger partial charge in [-0.25, -0.2) is 0 Å². The van der Waals surface area contributed by atoms with Crippen molar-refractivity contribution in [2.75, 3.05) is 26.2 Å². The maximum Gasteiger partial charge on any atom is 0.404 e. The Bertz CT molecular complexity index is 226. The second-order valence-corrected chi connectivity index (χ2v) is 3.44. The summed E-state index contributed by atoms with van der Waals surface area (Å²) in [4.78, 5) is 11.5. The molecule has 88 valence electrons. The third kappa shape index (κ3) is 3.67. The zero-order valence-corrected chi connectivity index (χ0v) is 8.05. The molecule has 1 saturated heterocycles. The van der Waals surface area contributed by atoms with Crippen LogP contribution in [-0.4, -0.2) is 54.4 Å². The fraction of sp³-hybridized carbons (Fsp3) is 0.875. The fourth-order valence-corrected chi connectivity index (χ4v) is 1.61. The van der Waals surface area contributed by atoms with E-state index >= 15 is 0 Å². The van der Waals surface area contributed by atoms with Gasteiger partial charge in [0.15, 0.2) is 0 Å². The molecule has 0 aromatic carbocycles. The van der Waals surface area contributed by atoms with E-state index in [1.807, 2.05) is 0 Å². The smallest absolute Gasteiger partial charge is 0.404 e. The standard InChI is InChI=1S/C8H13F3N2O2/c9-8(10,11)6(5-7(14)15)13-3-1-12-2-4-13/h6,12H,1-5H2,(H,14,15). The van der Waals surface area contributed by atoms with Gasteiger partial charge in [-0.05, 0) is 0 Å². The zero-order valence-electron chi connectivity index (χ0n) is 8.05. The highest BCUT2D eigenvalue weighted by Crippen LogP contribution is 2.27. The van der Waals surface area contributed by atoms with E-state index in [1.54, 1.807) is 0 Å². The molecular formula is C8H13F3N2O2. The zero-order chi connectivity index (χ0) is 11.5. The van der Waals surface area contributed by atoms with Gasteiger partial charge in [0.2, 0.25) is 0 Å². The minimum Gasteiger partial charge on any atom is -0.481 e. The summed E-state index contributed by atoms with van der Waals surface area (Å²) in [5.74, 6) is -1.42. The lowest BCUT2D eigenvalue weighted by molar-refractivity contribution is -0.191. The maximum absolute atomic E-state index is 12.5. The second-order valence-electron chi connectivity index (χ2n) is 3.44. The molecule has 0 radical (unpaired) electrons. The highest BCUT2D eigenvalue weighted by molar-refractivity contribution is 5.67. The van der Waals surface area contributed by atoms with E-state index in [4.69, 9.17) is 5.11 Å². The molecule has 0 bridgehead atoms. The van der Waals surface area contributed by atoms with Crippen LogP contribution in [0.25, 0.3) is 0 Å².